The SMILES string of the molecule is CCOC(=O)c1cn2c(n1)-c1cnccc1CCC2. The summed E-state index contributed by atoms with van der Waals surface area (Å²) in [6, 6.07) is 2.02. The maximum Gasteiger partial charge on any atom is 0.358 e. The fourth-order valence-electron chi connectivity index (χ4n) is 2.39. The van der Waals surface area contributed by atoms with Gasteiger partial charge in [-0.1, -0.05) is 0 Å². The minimum Gasteiger partial charge on any atom is -0.461 e. The van der Waals surface area contributed by atoms with Gasteiger partial charge in [0.15, 0.2) is 5.69 Å². The van der Waals surface area contributed by atoms with Crippen LogP contribution in [0.5, 0.6) is 0 Å². The molecular formula is C14H15N3O2. The zero-order chi connectivity index (χ0) is 13.2. The number of pyridine rings is 1. The van der Waals surface area contributed by atoms with Crippen molar-refractivity contribution in [3.63, 3.8) is 0 Å². The number of nitrogens with zero attached hydrogens (tertiary/aromatic N) is 3. The molecule has 0 aromatic carbocycles. The Hall–Kier alpha value is -2.17. The molecule has 0 unspecified atom stereocenters. The first-order chi connectivity index (χ1) is 9.29. The van der Waals surface area contributed by atoms with Crippen LogP contribution in [0.25, 0.3) is 11.4 Å². The van der Waals surface area contributed by atoms with Gasteiger partial charge in [-0.3, -0.25) is 4.98 Å². The van der Waals surface area contributed by atoms with Gasteiger partial charge in [-0.05, 0) is 31.4 Å². The van der Waals surface area contributed by atoms with E-state index in [0.717, 1.165) is 30.8 Å². The van der Waals surface area contributed by atoms with E-state index in [1.54, 1.807) is 19.3 Å². The summed E-state index contributed by atoms with van der Waals surface area (Å²) in [4.78, 5) is 20.3. The van der Waals surface area contributed by atoms with Gasteiger partial charge < -0.3 is 9.30 Å². The van der Waals surface area contributed by atoms with Gasteiger partial charge in [0.1, 0.15) is 5.82 Å². The predicted molar refractivity (Wildman–Crippen MR) is 69.7 cm³/mol. The van der Waals surface area contributed by atoms with Gasteiger partial charge in [0.05, 0.1) is 6.61 Å². The van der Waals surface area contributed by atoms with Gasteiger partial charge >= 0.3 is 5.97 Å². The molecule has 0 saturated heterocycles. The Bertz CT molecular complexity index is 619. The lowest BCUT2D eigenvalue weighted by atomic mass is 10.1. The molecule has 19 heavy (non-hydrogen) atoms. The molecule has 2 aromatic heterocycles. The van der Waals surface area contributed by atoms with Gasteiger partial charge in [0, 0.05) is 30.7 Å². The molecule has 0 saturated carbocycles. The van der Waals surface area contributed by atoms with Crippen LogP contribution in [-0.4, -0.2) is 27.1 Å². The smallest absolute Gasteiger partial charge is 0.358 e. The van der Waals surface area contributed by atoms with Crippen molar-refractivity contribution < 1.29 is 9.53 Å². The van der Waals surface area contributed by atoms with Crippen molar-refractivity contribution in [3.8, 4) is 11.4 Å². The molecule has 3 heterocycles. The van der Waals surface area contributed by atoms with Gasteiger partial charge in [-0.15, -0.1) is 0 Å². The van der Waals surface area contributed by atoms with E-state index in [4.69, 9.17) is 4.74 Å². The third-order valence-electron chi connectivity index (χ3n) is 3.26. The molecule has 0 bridgehead atoms. The second-order valence-corrected chi connectivity index (χ2v) is 4.50. The Balaban J connectivity index is 2.06. The molecule has 0 N–H and O–H groups in total. The Morgan fingerprint density at radius 3 is 3.26 bits per heavy atom. The van der Waals surface area contributed by atoms with Crippen molar-refractivity contribution in [1.82, 2.24) is 14.5 Å². The Labute approximate surface area is 111 Å². The topological polar surface area (TPSA) is 57.0 Å². The lowest BCUT2D eigenvalue weighted by Gasteiger charge is -2.03. The number of fused-ring (bicyclic) bond motifs is 3. The minimum absolute atomic E-state index is 0.360. The maximum absolute atomic E-state index is 11.7. The molecule has 0 radical (unpaired) electrons. The zero-order valence-electron chi connectivity index (χ0n) is 10.8. The predicted octanol–water partition coefficient (Wildman–Crippen LogP) is 2.07. The molecular weight excluding hydrogens is 242 g/mol. The number of ether oxygens (including phenoxy) is 1. The number of aromatic nitrogens is 3. The average molecular weight is 257 g/mol. The number of hydrogen-bond donors (Lipinski definition) is 0. The molecule has 0 spiro atoms. The quantitative estimate of drug-likeness (QED) is 0.773. The molecule has 5 nitrogen and oxygen atoms in total. The minimum atomic E-state index is -0.367. The van der Waals surface area contributed by atoms with E-state index in [2.05, 4.69) is 9.97 Å². The summed E-state index contributed by atoms with van der Waals surface area (Å²) in [7, 11) is 0. The van der Waals surface area contributed by atoms with Crippen LogP contribution in [-0.2, 0) is 17.7 Å². The highest BCUT2D eigenvalue weighted by Crippen LogP contribution is 2.27. The summed E-state index contributed by atoms with van der Waals surface area (Å²) in [6.45, 7) is 3.01. The van der Waals surface area contributed by atoms with Gasteiger partial charge in [0.2, 0.25) is 0 Å². The van der Waals surface area contributed by atoms with E-state index in [9.17, 15) is 4.79 Å². The number of hydrogen-bond acceptors (Lipinski definition) is 4. The molecule has 98 valence electrons. The summed E-state index contributed by atoms with van der Waals surface area (Å²) >= 11 is 0. The first-order valence-electron chi connectivity index (χ1n) is 6.47. The van der Waals surface area contributed by atoms with Crippen molar-refractivity contribution in [2.45, 2.75) is 26.3 Å². The fraction of sp³-hybridized carbons (Fsp3) is 0.357. The zero-order valence-corrected chi connectivity index (χ0v) is 10.8. The van der Waals surface area contributed by atoms with Crippen LogP contribution in [0.2, 0.25) is 0 Å². The van der Waals surface area contributed by atoms with Crippen LogP contribution in [0.15, 0.2) is 24.7 Å². The summed E-state index contributed by atoms with van der Waals surface area (Å²) in [5.74, 6) is 0.442. The molecule has 0 fully saturated rings. The number of esters is 1. The first-order valence-corrected chi connectivity index (χ1v) is 6.47. The lowest BCUT2D eigenvalue weighted by molar-refractivity contribution is 0.0520. The second-order valence-electron chi connectivity index (χ2n) is 4.50. The van der Waals surface area contributed by atoms with Crippen LogP contribution in [0, 0.1) is 0 Å². The van der Waals surface area contributed by atoms with Crippen LogP contribution >= 0.6 is 0 Å². The van der Waals surface area contributed by atoms with Gasteiger partial charge in [0.25, 0.3) is 0 Å². The standard InChI is InChI=1S/C14H15N3O2/c1-2-19-14(18)12-9-17-7-3-4-10-5-6-15-8-11(10)13(17)16-12/h5-6,8-9H,2-4,7H2,1H3. The molecule has 0 atom stereocenters. The monoisotopic (exact) mass is 257 g/mol. The van der Waals surface area contributed by atoms with Crippen molar-refractivity contribution in [2.75, 3.05) is 6.61 Å². The molecule has 3 rings (SSSR count). The third kappa shape index (κ3) is 2.12. The molecule has 1 aliphatic rings. The Morgan fingerprint density at radius 1 is 1.53 bits per heavy atom. The number of imidazole rings is 1. The second kappa shape index (κ2) is 4.84. The van der Waals surface area contributed by atoms with E-state index in [-0.39, 0.29) is 5.97 Å². The summed E-state index contributed by atoms with van der Waals surface area (Å²) < 4.78 is 7.01. The van der Waals surface area contributed by atoms with E-state index in [1.165, 1.54) is 5.56 Å². The summed E-state index contributed by atoms with van der Waals surface area (Å²) in [5, 5.41) is 0. The fourth-order valence-corrected chi connectivity index (χ4v) is 2.39. The number of aryl methyl sites for hydroxylation is 2. The average Bonchev–Trinajstić information content (AvgIpc) is 2.77. The van der Waals surface area contributed by atoms with E-state index >= 15 is 0 Å². The molecule has 5 heteroatoms. The van der Waals surface area contributed by atoms with Gasteiger partial charge in [-0.2, -0.15) is 0 Å². The first kappa shape index (κ1) is 11.9. The molecule has 1 aliphatic heterocycles. The lowest BCUT2D eigenvalue weighted by Crippen LogP contribution is -2.05. The summed E-state index contributed by atoms with van der Waals surface area (Å²) in [5.41, 5.74) is 2.61. The van der Waals surface area contributed by atoms with Gasteiger partial charge in [-0.25, -0.2) is 9.78 Å². The van der Waals surface area contributed by atoms with E-state index in [0.29, 0.717) is 12.3 Å². The molecule has 0 amide bonds. The highest BCUT2D eigenvalue weighted by atomic mass is 16.5. The highest BCUT2D eigenvalue weighted by molar-refractivity contribution is 5.88. The van der Waals surface area contributed by atoms with Crippen LogP contribution < -0.4 is 0 Å². The molecule has 2 aromatic rings. The van der Waals surface area contributed by atoms with E-state index in [1.807, 2.05) is 16.8 Å². The summed E-state index contributed by atoms with van der Waals surface area (Å²) in [6.07, 6.45) is 7.42. The number of rotatable bonds is 2. The normalized spacial score (nSPS) is 13.3. The van der Waals surface area contributed by atoms with E-state index < -0.39 is 0 Å². The van der Waals surface area contributed by atoms with Crippen LogP contribution in [0.3, 0.4) is 0 Å². The largest absolute Gasteiger partial charge is 0.461 e. The molecule has 0 aliphatic carbocycles. The Morgan fingerprint density at radius 2 is 2.42 bits per heavy atom. The third-order valence-corrected chi connectivity index (χ3v) is 3.26. The van der Waals surface area contributed by atoms with Crippen molar-refractivity contribution in [2.24, 2.45) is 0 Å². The van der Waals surface area contributed by atoms with Crippen LogP contribution in [0.4, 0.5) is 0 Å². The Kier molecular flexibility index (Phi) is 3.03. The van der Waals surface area contributed by atoms with Crippen LogP contribution in [0.1, 0.15) is 29.4 Å². The number of carbonyl (C=O) groups is 1. The van der Waals surface area contributed by atoms with Crippen molar-refractivity contribution in [1.29, 1.82) is 0 Å². The van der Waals surface area contributed by atoms with Crippen molar-refractivity contribution >= 4 is 5.97 Å². The number of carbonyl (C=O) groups excluding carboxylic acids is 1. The maximum atomic E-state index is 11.7. The highest BCUT2D eigenvalue weighted by Gasteiger charge is 2.20. The van der Waals surface area contributed by atoms with Crippen molar-refractivity contribution in [3.05, 3.63) is 35.9 Å².